The first kappa shape index (κ1) is 9.54. The van der Waals surface area contributed by atoms with Crippen molar-refractivity contribution in [3.63, 3.8) is 0 Å². The van der Waals surface area contributed by atoms with Crippen LogP contribution in [0.1, 0.15) is 33.1 Å². The van der Waals surface area contributed by atoms with Gasteiger partial charge in [-0.05, 0) is 32.8 Å². The maximum absolute atomic E-state index is 5.38. The van der Waals surface area contributed by atoms with Gasteiger partial charge in [0.05, 0.1) is 12.4 Å². The molecule has 59 valence electrons. The molecule has 0 unspecified atom stereocenters. The Balaban J connectivity index is 3.41. The van der Waals surface area contributed by atoms with Crippen LogP contribution < -0.4 is 0 Å². The molecule has 0 fully saturated rings. The Morgan fingerprint density at radius 3 is 2.70 bits per heavy atom. The van der Waals surface area contributed by atoms with Crippen LogP contribution in [0, 0.1) is 6.92 Å². The van der Waals surface area contributed by atoms with Crippen LogP contribution in [0.2, 0.25) is 0 Å². The van der Waals surface area contributed by atoms with Crippen molar-refractivity contribution in [1.82, 2.24) is 0 Å². The largest absolute Gasteiger partial charge is 0.498 e. The Morgan fingerprint density at radius 2 is 2.30 bits per heavy atom. The van der Waals surface area contributed by atoms with Crippen LogP contribution in [0.3, 0.4) is 0 Å². The number of allylic oxidation sites excluding steroid dienone is 2. The molecule has 1 radical (unpaired) electrons. The number of ether oxygens (including phenoxy) is 1. The Hall–Kier alpha value is -0.460. The van der Waals surface area contributed by atoms with E-state index in [0.29, 0.717) is 0 Å². The van der Waals surface area contributed by atoms with Crippen molar-refractivity contribution in [2.75, 3.05) is 6.61 Å². The van der Waals surface area contributed by atoms with Gasteiger partial charge in [0, 0.05) is 6.42 Å². The van der Waals surface area contributed by atoms with E-state index in [4.69, 9.17) is 4.74 Å². The van der Waals surface area contributed by atoms with Crippen molar-refractivity contribution in [1.29, 1.82) is 0 Å². The highest BCUT2D eigenvalue weighted by atomic mass is 16.5. The van der Waals surface area contributed by atoms with E-state index in [1.165, 1.54) is 0 Å². The van der Waals surface area contributed by atoms with Gasteiger partial charge in [-0.3, -0.25) is 0 Å². The van der Waals surface area contributed by atoms with Crippen LogP contribution in [0.5, 0.6) is 0 Å². The average Bonchev–Trinajstić information content (AvgIpc) is 1.98. The summed E-state index contributed by atoms with van der Waals surface area (Å²) in [5.41, 5.74) is 0. The molecule has 0 spiro atoms. The standard InChI is InChI=1S/C9H17O/c1-4-7-9(6-3)10-8-5-2/h6H,2,4-5,7-8H2,1,3H3. The van der Waals surface area contributed by atoms with Crippen molar-refractivity contribution >= 4 is 0 Å². The third-order valence-corrected chi connectivity index (χ3v) is 1.25. The number of hydrogen-bond acceptors (Lipinski definition) is 1. The van der Waals surface area contributed by atoms with Crippen LogP contribution in [-0.4, -0.2) is 6.61 Å². The minimum Gasteiger partial charge on any atom is -0.498 e. The third kappa shape index (κ3) is 4.42. The lowest BCUT2D eigenvalue weighted by Crippen LogP contribution is -1.92. The molecular weight excluding hydrogens is 124 g/mol. The quantitative estimate of drug-likeness (QED) is 0.535. The summed E-state index contributed by atoms with van der Waals surface area (Å²) in [5.74, 6) is 1.10. The second kappa shape index (κ2) is 6.66. The zero-order chi connectivity index (χ0) is 7.82. The van der Waals surface area contributed by atoms with Crippen molar-refractivity contribution in [2.45, 2.75) is 33.1 Å². The average molecular weight is 141 g/mol. The van der Waals surface area contributed by atoms with Gasteiger partial charge >= 0.3 is 0 Å². The molecule has 0 aromatic rings. The van der Waals surface area contributed by atoms with Gasteiger partial charge in [0.2, 0.25) is 0 Å². The van der Waals surface area contributed by atoms with E-state index in [9.17, 15) is 0 Å². The minimum atomic E-state index is 0.750. The summed E-state index contributed by atoms with van der Waals surface area (Å²) in [4.78, 5) is 0. The molecule has 0 heterocycles. The highest BCUT2D eigenvalue weighted by Crippen LogP contribution is 2.05. The minimum absolute atomic E-state index is 0.750. The second-order valence-corrected chi connectivity index (χ2v) is 2.21. The normalized spacial score (nSPS) is 11.7. The molecule has 1 nitrogen and oxygen atoms in total. The highest BCUT2D eigenvalue weighted by Gasteiger charge is 1.92. The summed E-state index contributed by atoms with van der Waals surface area (Å²) in [6, 6.07) is 0. The summed E-state index contributed by atoms with van der Waals surface area (Å²) in [6.45, 7) is 8.61. The molecule has 0 atom stereocenters. The molecule has 0 rings (SSSR count). The molecule has 10 heavy (non-hydrogen) atoms. The number of hydrogen-bond donors (Lipinski definition) is 0. The van der Waals surface area contributed by atoms with E-state index >= 15 is 0 Å². The van der Waals surface area contributed by atoms with Crippen LogP contribution >= 0.6 is 0 Å². The van der Waals surface area contributed by atoms with E-state index in [1.807, 2.05) is 13.0 Å². The fourth-order valence-electron chi connectivity index (χ4n) is 0.750. The second-order valence-electron chi connectivity index (χ2n) is 2.21. The van der Waals surface area contributed by atoms with Crippen LogP contribution in [0.15, 0.2) is 11.8 Å². The SMILES string of the molecule is [CH2]CCOC(=CC)CCC. The topological polar surface area (TPSA) is 9.23 Å². The maximum Gasteiger partial charge on any atom is 0.0917 e. The van der Waals surface area contributed by atoms with Gasteiger partial charge in [0.25, 0.3) is 0 Å². The van der Waals surface area contributed by atoms with Crippen molar-refractivity contribution in [3.05, 3.63) is 18.8 Å². The first-order valence-corrected chi connectivity index (χ1v) is 3.92. The summed E-state index contributed by atoms with van der Waals surface area (Å²) < 4.78 is 5.38. The van der Waals surface area contributed by atoms with E-state index < -0.39 is 0 Å². The number of rotatable bonds is 5. The lowest BCUT2D eigenvalue weighted by Gasteiger charge is -2.06. The molecule has 1 heteroatoms. The van der Waals surface area contributed by atoms with Gasteiger partial charge in [-0.1, -0.05) is 6.92 Å². The lowest BCUT2D eigenvalue weighted by molar-refractivity contribution is 0.206. The molecule has 0 aromatic carbocycles. The van der Waals surface area contributed by atoms with E-state index in [1.54, 1.807) is 0 Å². The van der Waals surface area contributed by atoms with Crippen molar-refractivity contribution < 1.29 is 4.74 Å². The predicted octanol–water partition coefficient (Wildman–Crippen LogP) is 2.93. The fourth-order valence-corrected chi connectivity index (χ4v) is 0.750. The maximum atomic E-state index is 5.38. The Morgan fingerprint density at radius 1 is 1.60 bits per heavy atom. The third-order valence-electron chi connectivity index (χ3n) is 1.25. The Bertz CT molecular complexity index is 94.9. The van der Waals surface area contributed by atoms with Gasteiger partial charge in [-0.25, -0.2) is 0 Å². The molecule has 0 aromatic heterocycles. The molecule has 0 N–H and O–H groups in total. The zero-order valence-corrected chi connectivity index (χ0v) is 7.02. The molecule has 0 amide bonds. The van der Waals surface area contributed by atoms with E-state index in [-0.39, 0.29) is 0 Å². The van der Waals surface area contributed by atoms with Gasteiger partial charge < -0.3 is 4.74 Å². The molecule has 0 saturated heterocycles. The molecule has 0 bridgehead atoms. The van der Waals surface area contributed by atoms with Crippen LogP contribution in [0.25, 0.3) is 0 Å². The first-order chi connectivity index (χ1) is 4.85. The first-order valence-electron chi connectivity index (χ1n) is 3.92. The van der Waals surface area contributed by atoms with E-state index in [0.717, 1.165) is 31.6 Å². The van der Waals surface area contributed by atoms with Crippen molar-refractivity contribution in [3.8, 4) is 0 Å². The van der Waals surface area contributed by atoms with Crippen molar-refractivity contribution in [2.24, 2.45) is 0 Å². The zero-order valence-electron chi connectivity index (χ0n) is 7.02. The van der Waals surface area contributed by atoms with E-state index in [2.05, 4.69) is 13.8 Å². The molecule has 0 aliphatic heterocycles. The predicted molar refractivity (Wildman–Crippen MR) is 44.6 cm³/mol. The van der Waals surface area contributed by atoms with Gasteiger partial charge in [0.1, 0.15) is 0 Å². The molecule has 0 saturated carbocycles. The monoisotopic (exact) mass is 141 g/mol. The lowest BCUT2D eigenvalue weighted by atomic mass is 10.3. The molecule has 0 aliphatic rings. The van der Waals surface area contributed by atoms with Gasteiger partial charge in [-0.2, -0.15) is 0 Å². The summed E-state index contributed by atoms with van der Waals surface area (Å²) >= 11 is 0. The van der Waals surface area contributed by atoms with Gasteiger partial charge in [-0.15, -0.1) is 0 Å². The van der Waals surface area contributed by atoms with Crippen LogP contribution in [0.4, 0.5) is 0 Å². The summed E-state index contributed by atoms with van der Waals surface area (Å²) in [6.07, 6.45) is 5.08. The van der Waals surface area contributed by atoms with Gasteiger partial charge in [0.15, 0.2) is 0 Å². The highest BCUT2D eigenvalue weighted by molar-refractivity contribution is 4.89. The summed E-state index contributed by atoms with van der Waals surface area (Å²) in [7, 11) is 0. The fraction of sp³-hybridized carbons (Fsp3) is 0.667. The van der Waals surface area contributed by atoms with Crippen LogP contribution in [-0.2, 0) is 4.74 Å². The molecular formula is C9H17O. The Kier molecular flexibility index (Phi) is 6.35. The smallest absolute Gasteiger partial charge is 0.0917 e. The molecule has 0 aliphatic carbocycles. The summed E-state index contributed by atoms with van der Waals surface area (Å²) in [5, 5.41) is 0. The Labute approximate surface area is 64.1 Å².